The monoisotopic (exact) mass is 1110 g/mol. The van der Waals surface area contributed by atoms with Gasteiger partial charge in [-0.25, -0.2) is 0 Å². The fourth-order valence-corrected chi connectivity index (χ4v) is 11.8. The van der Waals surface area contributed by atoms with Gasteiger partial charge in [-0.2, -0.15) is 0 Å². The third-order valence-electron chi connectivity index (χ3n) is 16.8. The predicted molar refractivity (Wildman–Crippen MR) is 313 cm³/mol. The molecule has 6 unspecified atom stereocenters. The molecule has 2 heterocycles. The molecule has 0 spiro atoms. The van der Waals surface area contributed by atoms with Crippen LogP contribution in [-0.4, -0.2) is 114 Å². The zero-order valence-electron chi connectivity index (χ0n) is 48.2. The molecule has 7 amide bonds. The highest BCUT2D eigenvalue weighted by molar-refractivity contribution is 5.97. The number of ether oxygens (including phenoxy) is 1. The lowest BCUT2D eigenvalue weighted by atomic mass is 9.85. The van der Waals surface area contributed by atoms with Gasteiger partial charge < -0.3 is 51.8 Å². The van der Waals surface area contributed by atoms with E-state index in [2.05, 4.69) is 55.4 Å². The van der Waals surface area contributed by atoms with E-state index in [9.17, 15) is 33.6 Å². The number of nitrogens with zero attached hydrogens (tertiary/aromatic N) is 2. The Hall–Kier alpha value is -7.89. The number of amides is 7. The van der Waals surface area contributed by atoms with Crippen molar-refractivity contribution in [3.63, 3.8) is 0 Å². The first kappa shape index (κ1) is 58.8. The molecule has 5 aromatic rings. The Morgan fingerprint density at radius 1 is 0.585 bits per heavy atom. The van der Waals surface area contributed by atoms with Crippen LogP contribution in [0.4, 0.5) is 0 Å². The fourth-order valence-electron chi connectivity index (χ4n) is 11.8. The summed E-state index contributed by atoms with van der Waals surface area (Å²) in [6, 6.07) is 32.2. The van der Waals surface area contributed by atoms with E-state index < -0.39 is 59.5 Å². The van der Waals surface area contributed by atoms with Gasteiger partial charge in [-0.1, -0.05) is 106 Å². The molecule has 4 aliphatic rings. The zero-order valence-corrected chi connectivity index (χ0v) is 48.2. The quantitative estimate of drug-likeness (QED) is 0.0520. The maximum absolute atomic E-state index is 15.0. The highest BCUT2D eigenvalue weighted by Gasteiger charge is 2.46. The van der Waals surface area contributed by atoms with E-state index in [4.69, 9.17) is 4.74 Å². The summed E-state index contributed by atoms with van der Waals surface area (Å²) in [5.41, 5.74) is 6.91. The summed E-state index contributed by atoms with van der Waals surface area (Å²) in [5.74, 6) is -1.45. The molecule has 7 N–H and O–H groups in total. The van der Waals surface area contributed by atoms with Crippen molar-refractivity contribution < 1.29 is 38.3 Å². The summed E-state index contributed by atoms with van der Waals surface area (Å²) in [6.45, 7) is 9.30. The zero-order chi connectivity index (χ0) is 58.2. The lowest BCUT2D eigenvalue weighted by Gasteiger charge is -2.39. The van der Waals surface area contributed by atoms with Crippen molar-refractivity contribution in [3.8, 4) is 11.5 Å². The minimum atomic E-state index is -0.999. The number of hydrogen-bond acceptors (Lipinski definition) is 10. The van der Waals surface area contributed by atoms with Crippen LogP contribution in [0.1, 0.15) is 128 Å². The molecular formula is C65H79N9O8. The van der Waals surface area contributed by atoms with Crippen molar-refractivity contribution in [3.05, 3.63) is 166 Å². The van der Waals surface area contributed by atoms with Crippen LogP contribution in [0, 0.1) is 5.41 Å². The number of aryl methyl sites for hydroxylation is 2. The molecule has 1 fully saturated rings. The lowest BCUT2D eigenvalue weighted by molar-refractivity contribution is -0.145. The number of rotatable bonds is 18. The third kappa shape index (κ3) is 13.7. The van der Waals surface area contributed by atoms with Crippen LogP contribution in [0.15, 0.2) is 121 Å². The number of carbonyl (C=O) groups is 7. The van der Waals surface area contributed by atoms with E-state index in [1.54, 1.807) is 69.2 Å². The van der Waals surface area contributed by atoms with Gasteiger partial charge in [-0.15, -0.1) is 0 Å². The summed E-state index contributed by atoms with van der Waals surface area (Å²) >= 11 is 0. The van der Waals surface area contributed by atoms with Gasteiger partial charge in [0.15, 0.2) is 0 Å². The first-order valence-electron chi connectivity index (χ1n) is 29.0. The first-order chi connectivity index (χ1) is 39.4. The Labute approximate surface area is 481 Å². The molecule has 0 radical (unpaired) electrons. The maximum atomic E-state index is 15.0. The molecule has 17 heteroatoms. The molecule has 0 saturated carbocycles. The molecule has 432 valence electrons. The standard InChI is InChI=1S/C65H79N9O8/c1-39(66-6)58(75)71-54(63(80)73-37-46-19-9-8-18-45(46)35-55(73)61(78)69-52-24-14-20-42-16-10-12-22-50(42)52)34-41-26-30-48(31-27-41)82-49-32-28-44(29-33-49)60(77)68-47-36-56(62(79)70-53-25-15-21-43-17-11-13-23-51(43)53)74(38-47)64(81)57(65(3,4)5)72-59(76)40(2)67-7/h8-13,16-19,22-23,26-33,39-40,47,52-57,66-67H,14-15,20-21,24-25,34-38H2,1-7H3,(H,68,77)(H,69,78)(H,70,79)(H,71,75)(H,72,76)/t39-,40-,47-,52?,53?,54?,55?,56?,57?/m0/s1. The van der Waals surface area contributed by atoms with Gasteiger partial charge in [0.05, 0.1) is 24.2 Å². The fraction of sp³-hybridized carbons (Fsp3) is 0.431. The SMILES string of the molecule is CN[C@@H](C)C(=O)NC(Cc1ccc(Oc2ccc(C(=O)N[C@H]3CC(C(=O)NC4CCCc5ccccc54)N(C(=O)C(NC(=O)[C@H](C)NC)C(C)(C)C)C3)cc2)cc1)C(=O)N1Cc2ccccc2CC1C(=O)NC1CCCc2ccccc21. The number of nitrogens with one attached hydrogen (secondary N) is 7. The van der Waals surface area contributed by atoms with Gasteiger partial charge >= 0.3 is 0 Å². The van der Waals surface area contributed by atoms with Gasteiger partial charge in [-0.3, -0.25) is 33.6 Å². The van der Waals surface area contributed by atoms with Crippen LogP contribution < -0.4 is 42.0 Å². The van der Waals surface area contributed by atoms with Crippen LogP contribution in [0.3, 0.4) is 0 Å². The molecule has 0 aromatic heterocycles. The van der Waals surface area contributed by atoms with Gasteiger partial charge in [-0.05, 0) is 154 Å². The van der Waals surface area contributed by atoms with E-state index in [0.29, 0.717) is 23.5 Å². The van der Waals surface area contributed by atoms with E-state index >= 15 is 0 Å². The van der Waals surface area contributed by atoms with Crippen LogP contribution in [0.2, 0.25) is 0 Å². The molecule has 1 saturated heterocycles. The molecular weight excluding hydrogens is 1030 g/mol. The minimum absolute atomic E-state index is 0.0577. The van der Waals surface area contributed by atoms with Crippen LogP contribution in [-0.2, 0) is 61.0 Å². The average Bonchev–Trinajstić information content (AvgIpc) is 4.11. The second-order valence-electron chi connectivity index (χ2n) is 23.5. The summed E-state index contributed by atoms with van der Waals surface area (Å²) in [6.07, 6.45) is 5.94. The lowest BCUT2D eigenvalue weighted by Crippen LogP contribution is -2.59. The first-order valence-corrected chi connectivity index (χ1v) is 29.0. The second-order valence-corrected chi connectivity index (χ2v) is 23.5. The average molecular weight is 1110 g/mol. The second kappa shape index (κ2) is 25.9. The van der Waals surface area contributed by atoms with E-state index in [-0.39, 0.29) is 67.6 Å². The van der Waals surface area contributed by atoms with Gasteiger partial charge in [0, 0.05) is 37.5 Å². The highest BCUT2D eigenvalue weighted by atomic mass is 16.5. The molecule has 5 aromatic carbocycles. The topological polar surface area (TPSA) is 219 Å². The number of benzene rings is 5. The predicted octanol–water partition coefficient (Wildman–Crippen LogP) is 6.29. The summed E-state index contributed by atoms with van der Waals surface area (Å²) < 4.78 is 6.23. The third-order valence-corrected chi connectivity index (χ3v) is 16.8. The number of hydrogen-bond donors (Lipinski definition) is 7. The number of carbonyl (C=O) groups excluding carboxylic acids is 7. The van der Waals surface area contributed by atoms with Gasteiger partial charge in [0.1, 0.15) is 35.7 Å². The van der Waals surface area contributed by atoms with Crippen molar-refractivity contribution >= 4 is 41.4 Å². The molecule has 9 rings (SSSR count). The Kier molecular flexibility index (Phi) is 18.6. The number of likely N-dealkylation sites (tertiary alicyclic amines) is 1. The minimum Gasteiger partial charge on any atom is -0.457 e. The van der Waals surface area contributed by atoms with Crippen molar-refractivity contribution in [2.24, 2.45) is 5.41 Å². The van der Waals surface area contributed by atoms with Crippen molar-refractivity contribution in [2.75, 3.05) is 20.6 Å². The smallest absolute Gasteiger partial charge is 0.251 e. The van der Waals surface area contributed by atoms with Crippen LogP contribution >= 0.6 is 0 Å². The number of likely N-dealkylation sites (N-methyl/N-ethyl adjacent to an activating group) is 2. The van der Waals surface area contributed by atoms with E-state index in [1.807, 2.05) is 87.5 Å². The van der Waals surface area contributed by atoms with Gasteiger partial charge in [0.25, 0.3) is 5.91 Å². The summed E-state index contributed by atoms with van der Waals surface area (Å²) in [7, 11) is 3.35. The molecule has 82 heavy (non-hydrogen) atoms. The maximum Gasteiger partial charge on any atom is 0.251 e. The molecule has 17 nitrogen and oxygen atoms in total. The molecule has 2 aliphatic carbocycles. The molecule has 2 aliphatic heterocycles. The van der Waals surface area contributed by atoms with Crippen molar-refractivity contribution in [2.45, 2.75) is 153 Å². The van der Waals surface area contributed by atoms with E-state index in [0.717, 1.165) is 66.3 Å². The largest absolute Gasteiger partial charge is 0.457 e. The number of fused-ring (bicyclic) bond motifs is 3. The summed E-state index contributed by atoms with van der Waals surface area (Å²) in [4.78, 5) is 102. The molecule has 0 bridgehead atoms. The highest BCUT2D eigenvalue weighted by Crippen LogP contribution is 2.34. The van der Waals surface area contributed by atoms with Gasteiger partial charge in [0.2, 0.25) is 35.4 Å². The molecule has 9 atom stereocenters. The summed E-state index contributed by atoms with van der Waals surface area (Å²) in [5, 5.41) is 21.4. The van der Waals surface area contributed by atoms with Crippen LogP contribution in [0.5, 0.6) is 11.5 Å². The van der Waals surface area contributed by atoms with Crippen molar-refractivity contribution in [1.29, 1.82) is 0 Å². The Bertz CT molecular complexity index is 3140. The Morgan fingerprint density at radius 2 is 1.10 bits per heavy atom. The van der Waals surface area contributed by atoms with Crippen LogP contribution in [0.25, 0.3) is 0 Å². The Morgan fingerprint density at radius 3 is 1.66 bits per heavy atom. The van der Waals surface area contributed by atoms with E-state index in [1.165, 1.54) is 16.0 Å². The Balaban J connectivity index is 0.867. The van der Waals surface area contributed by atoms with Crippen molar-refractivity contribution in [1.82, 2.24) is 47.0 Å². The normalized spacial score (nSPS) is 20.7.